The van der Waals surface area contributed by atoms with Crippen molar-refractivity contribution in [1.82, 2.24) is 5.43 Å². The summed E-state index contributed by atoms with van der Waals surface area (Å²) < 4.78 is 34.3. The quantitative estimate of drug-likeness (QED) is 0.210. The minimum Gasteiger partial charge on any atom is -0.497 e. The van der Waals surface area contributed by atoms with Gasteiger partial charge in [0.15, 0.2) is 18.1 Å². The molecule has 0 aliphatic rings. The average Bonchev–Trinajstić information content (AvgIpc) is 2.85. The number of hydrazone groups is 1. The fourth-order valence-corrected chi connectivity index (χ4v) is 2.73. The number of benzene rings is 3. The molecular formula is C25H23FN2O6. The number of nitrogens with one attached hydrogen (secondary N) is 1. The molecule has 0 atom stereocenters. The maximum Gasteiger partial charge on any atom is 0.343 e. The number of hydrogen-bond donors (Lipinski definition) is 1. The van der Waals surface area contributed by atoms with Crippen molar-refractivity contribution < 1.29 is 32.9 Å². The lowest BCUT2D eigenvalue weighted by Gasteiger charge is -2.11. The van der Waals surface area contributed by atoms with Gasteiger partial charge in [-0.15, -0.1) is 0 Å². The van der Waals surface area contributed by atoms with Gasteiger partial charge in [0.05, 0.1) is 25.5 Å². The lowest BCUT2D eigenvalue weighted by molar-refractivity contribution is -0.123. The molecule has 1 N–H and O–H groups in total. The molecule has 176 valence electrons. The highest BCUT2D eigenvalue weighted by molar-refractivity contribution is 5.92. The van der Waals surface area contributed by atoms with Crippen molar-refractivity contribution in [3.05, 3.63) is 83.7 Å². The zero-order valence-electron chi connectivity index (χ0n) is 18.6. The molecule has 8 nitrogen and oxygen atoms in total. The highest BCUT2D eigenvalue weighted by atomic mass is 19.1. The van der Waals surface area contributed by atoms with Gasteiger partial charge in [-0.1, -0.05) is 0 Å². The van der Waals surface area contributed by atoms with E-state index >= 15 is 0 Å². The number of carbonyl (C=O) groups is 2. The van der Waals surface area contributed by atoms with Crippen LogP contribution in [-0.4, -0.2) is 38.4 Å². The molecule has 3 rings (SSSR count). The minimum atomic E-state index is -0.543. The Hall–Kier alpha value is -4.40. The van der Waals surface area contributed by atoms with Crippen molar-refractivity contribution in [3.63, 3.8) is 0 Å². The molecule has 0 saturated heterocycles. The Morgan fingerprint density at radius 3 is 2.32 bits per heavy atom. The van der Waals surface area contributed by atoms with Crippen molar-refractivity contribution in [2.45, 2.75) is 6.92 Å². The second kappa shape index (κ2) is 12.0. The SMILES string of the molecule is CCOc1cc(/C=N/NC(=O)COc2ccc(F)cc2)ccc1OC(=O)c1ccc(OC)cc1. The van der Waals surface area contributed by atoms with Gasteiger partial charge in [-0.2, -0.15) is 5.10 Å². The molecule has 0 radical (unpaired) electrons. The third-order valence-electron chi connectivity index (χ3n) is 4.38. The predicted molar refractivity (Wildman–Crippen MR) is 123 cm³/mol. The summed E-state index contributed by atoms with van der Waals surface area (Å²) in [4.78, 5) is 24.3. The lowest BCUT2D eigenvalue weighted by atomic mass is 10.2. The first-order chi connectivity index (χ1) is 16.5. The van der Waals surface area contributed by atoms with Gasteiger partial charge in [-0.3, -0.25) is 4.79 Å². The zero-order chi connectivity index (χ0) is 24.3. The third-order valence-corrected chi connectivity index (χ3v) is 4.38. The summed E-state index contributed by atoms with van der Waals surface area (Å²) in [5.41, 5.74) is 3.30. The molecule has 1 amide bonds. The Morgan fingerprint density at radius 1 is 0.941 bits per heavy atom. The summed E-state index contributed by atoms with van der Waals surface area (Å²) in [6.07, 6.45) is 1.41. The molecule has 0 fully saturated rings. The van der Waals surface area contributed by atoms with Gasteiger partial charge in [-0.25, -0.2) is 14.6 Å². The van der Waals surface area contributed by atoms with Gasteiger partial charge in [0.25, 0.3) is 5.91 Å². The number of rotatable bonds is 10. The van der Waals surface area contributed by atoms with Crippen LogP contribution in [0.5, 0.6) is 23.0 Å². The van der Waals surface area contributed by atoms with E-state index in [4.69, 9.17) is 18.9 Å². The van der Waals surface area contributed by atoms with Crippen LogP contribution < -0.4 is 24.4 Å². The number of carbonyl (C=O) groups excluding carboxylic acids is 2. The maximum absolute atomic E-state index is 12.9. The second-order valence-electron chi connectivity index (χ2n) is 6.79. The van der Waals surface area contributed by atoms with Crippen LogP contribution in [-0.2, 0) is 4.79 Å². The van der Waals surface area contributed by atoms with E-state index < -0.39 is 17.7 Å². The average molecular weight is 466 g/mol. The Kier molecular flexibility index (Phi) is 8.56. The van der Waals surface area contributed by atoms with Crippen molar-refractivity contribution >= 4 is 18.1 Å². The van der Waals surface area contributed by atoms with Gasteiger partial charge in [0.2, 0.25) is 0 Å². The van der Waals surface area contributed by atoms with Crippen molar-refractivity contribution in [2.24, 2.45) is 5.10 Å². The lowest BCUT2D eigenvalue weighted by Crippen LogP contribution is -2.24. The largest absolute Gasteiger partial charge is 0.497 e. The standard InChI is InChI=1S/C25H23FN2O6/c1-3-32-23-14-17(15-27-28-24(29)16-33-21-11-7-19(26)8-12-21)4-13-22(23)34-25(30)18-5-9-20(31-2)10-6-18/h4-15H,3,16H2,1-2H3,(H,28,29)/b27-15+. The number of amides is 1. The van der Waals surface area contributed by atoms with Crippen LogP contribution in [0.4, 0.5) is 4.39 Å². The Labute approximate surface area is 195 Å². The van der Waals surface area contributed by atoms with Gasteiger partial charge in [-0.05, 0) is 79.2 Å². The highest BCUT2D eigenvalue weighted by Gasteiger charge is 2.13. The number of methoxy groups -OCH3 is 1. The topological polar surface area (TPSA) is 95.5 Å². The summed E-state index contributed by atoms with van der Waals surface area (Å²) in [5, 5.41) is 3.88. The number of esters is 1. The van der Waals surface area contributed by atoms with E-state index in [1.807, 2.05) is 0 Å². The molecule has 34 heavy (non-hydrogen) atoms. The highest BCUT2D eigenvalue weighted by Crippen LogP contribution is 2.29. The van der Waals surface area contributed by atoms with E-state index in [1.54, 1.807) is 56.5 Å². The van der Waals surface area contributed by atoms with Gasteiger partial charge < -0.3 is 18.9 Å². The number of ether oxygens (including phenoxy) is 4. The van der Waals surface area contributed by atoms with E-state index in [-0.39, 0.29) is 12.4 Å². The summed E-state index contributed by atoms with van der Waals surface area (Å²) in [6.45, 7) is 1.87. The maximum atomic E-state index is 12.9. The van der Waals surface area contributed by atoms with Crippen molar-refractivity contribution in [3.8, 4) is 23.0 Å². The Balaban J connectivity index is 1.58. The number of nitrogens with zero attached hydrogens (tertiary/aromatic N) is 1. The Morgan fingerprint density at radius 2 is 1.65 bits per heavy atom. The summed E-state index contributed by atoms with van der Waals surface area (Å²) >= 11 is 0. The first-order valence-electron chi connectivity index (χ1n) is 10.3. The molecule has 0 aromatic heterocycles. The minimum absolute atomic E-state index is 0.247. The van der Waals surface area contributed by atoms with E-state index in [1.165, 1.54) is 30.5 Å². The number of halogens is 1. The zero-order valence-corrected chi connectivity index (χ0v) is 18.6. The van der Waals surface area contributed by atoms with Crippen LogP contribution in [0.25, 0.3) is 0 Å². The number of hydrogen-bond acceptors (Lipinski definition) is 7. The Bertz CT molecular complexity index is 1150. The summed E-state index contributed by atoms with van der Waals surface area (Å²) in [7, 11) is 1.54. The first kappa shape index (κ1) is 24.2. The van der Waals surface area contributed by atoms with Crippen molar-refractivity contribution in [1.29, 1.82) is 0 Å². The molecule has 0 saturated carbocycles. The van der Waals surface area contributed by atoms with Gasteiger partial charge >= 0.3 is 5.97 Å². The second-order valence-corrected chi connectivity index (χ2v) is 6.79. The molecule has 0 unspecified atom stereocenters. The van der Waals surface area contributed by atoms with Crippen LogP contribution in [0, 0.1) is 5.82 Å². The van der Waals surface area contributed by atoms with Crippen LogP contribution in [0.3, 0.4) is 0 Å². The first-order valence-corrected chi connectivity index (χ1v) is 10.3. The predicted octanol–water partition coefficient (Wildman–Crippen LogP) is 3.98. The monoisotopic (exact) mass is 466 g/mol. The molecule has 0 heterocycles. The molecule has 0 spiro atoms. The molecule has 0 aliphatic heterocycles. The molecule has 3 aromatic carbocycles. The third kappa shape index (κ3) is 7.06. The van der Waals surface area contributed by atoms with Crippen molar-refractivity contribution in [2.75, 3.05) is 20.3 Å². The summed E-state index contributed by atoms with van der Waals surface area (Å²) in [6, 6.07) is 16.7. The fraction of sp³-hybridized carbons (Fsp3) is 0.160. The van der Waals surface area contributed by atoms with Gasteiger partial charge in [0.1, 0.15) is 17.3 Å². The van der Waals surface area contributed by atoms with Crippen LogP contribution in [0.1, 0.15) is 22.8 Å². The van der Waals surface area contributed by atoms with Crippen LogP contribution in [0.2, 0.25) is 0 Å². The van der Waals surface area contributed by atoms with Gasteiger partial charge in [0, 0.05) is 0 Å². The van der Waals surface area contributed by atoms with E-state index in [0.29, 0.717) is 35.0 Å². The fourth-order valence-electron chi connectivity index (χ4n) is 2.73. The normalized spacial score (nSPS) is 10.6. The van der Waals surface area contributed by atoms with Crippen LogP contribution >= 0.6 is 0 Å². The molecular weight excluding hydrogens is 443 g/mol. The molecule has 9 heteroatoms. The van der Waals surface area contributed by atoms with Crippen LogP contribution in [0.15, 0.2) is 71.8 Å². The molecule has 0 aliphatic carbocycles. The van der Waals surface area contributed by atoms with E-state index in [2.05, 4.69) is 10.5 Å². The molecule has 3 aromatic rings. The van der Waals surface area contributed by atoms with E-state index in [0.717, 1.165) is 0 Å². The van der Waals surface area contributed by atoms with E-state index in [9.17, 15) is 14.0 Å². The summed E-state index contributed by atoms with van der Waals surface area (Å²) in [5.74, 6) is 0.158. The molecule has 0 bridgehead atoms. The smallest absolute Gasteiger partial charge is 0.343 e.